The molecule has 0 aromatic heterocycles. The van der Waals surface area contributed by atoms with Crippen LogP contribution >= 0.6 is 0 Å². The van der Waals surface area contributed by atoms with Crippen molar-refractivity contribution in [2.24, 2.45) is 29.1 Å². The van der Waals surface area contributed by atoms with Crippen LogP contribution in [-0.4, -0.2) is 117 Å². The maximum absolute atomic E-state index is 14.3. The zero-order valence-electron chi connectivity index (χ0n) is 42.9. The molecule has 1 aliphatic carbocycles. The van der Waals surface area contributed by atoms with E-state index < -0.39 is 129 Å². The van der Waals surface area contributed by atoms with E-state index in [0.29, 0.717) is 0 Å². The standard InChI is InChI=1S/C55H66N2O17/c1-26-15-14-18-34(31(6)72-53(67)54(8,9)23-39(59)56-24-33-16-12-11-13-17-33)46(62)29(4)45(61)28(3)44(60)27(2)37(73-40-22-38-50(32(7)71-40)69-25-68-38)19-20-70-55(10)51(65)43-41-36(58)21-35(57-52(26)66)48(64)42(41)47(63)30(5)49(43)74-55/h11-21,27-29,32,34,37-38,40,44-46,50,60-63H,6,22-25H2,1-5,7-10H3,(H,56,59)(H,57,66)/b18-14+,20-19+,26-15-/t27-,28+,29+,32-,34-,37+,38+,40+,44-,45+,46-,50-,55+/m1/s1. The minimum atomic E-state index is -2.16. The Labute approximate surface area is 429 Å². The van der Waals surface area contributed by atoms with Crippen molar-refractivity contribution in [3.8, 4) is 11.5 Å². The molecular formula is C55H66N2O17. The second-order valence-electron chi connectivity index (χ2n) is 20.5. The van der Waals surface area contributed by atoms with Crippen LogP contribution in [-0.2, 0) is 49.3 Å². The maximum Gasteiger partial charge on any atom is 0.317 e. The Morgan fingerprint density at radius 3 is 2.30 bits per heavy atom. The summed E-state index contributed by atoms with van der Waals surface area (Å²) >= 11 is 0. The van der Waals surface area contributed by atoms with Crippen LogP contribution in [0.1, 0.15) is 110 Å². The number of aliphatic hydroxyl groups excluding tert-OH is 3. The number of phenols is 1. The van der Waals surface area contributed by atoms with Gasteiger partial charge in [0, 0.05) is 61.3 Å². The van der Waals surface area contributed by atoms with Crippen LogP contribution in [0.3, 0.4) is 0 Å². The smallest absolute Gasteiger partial charge is 0.317 e. The average Bonchev–Trinajstić information content (AvgIpc) is 3.94. The summed E-state index contributed by atoms with van der Waals surface area (Å²) in [5, 5.41) is 52.8. The summed E-state index contributed by atoms with van der Waals surface area (Å²) < 4.78 is 42.0. The summed E-state index contributed by atoms with van der Waals surface area (Å²) in [5.74, 6) is -12.4. The third kappa shape index (κ3) is 11.3. The van der Waals surface area contributed by atoms with E-state index in [1.807, 2.05) is 30.3 Å². The molecule has 6 N–H and O–H groups in total. The Morgan fingerprint density at radius 1 is 0.919 bits per heavy atom. The average molecular weight is 1030 g/mol. The van der Waals surface area contributed by atoms with E-state index >= 15 is 0 Å². The first-order valence-corrected chi connectivity index (χ1v) is 24.6. The lowest BCUT2D eigenvalue weighted by atomic mass is 9.78. The first kappa shape index (κ1) is 55.4. The van der Waals surface area contributed by atoms with Crippen LogP contribution in [0.4, 0.5) is 0 Å². The van der Waals surface area contributed by atoms with Crippen molar-refractivity contribution >= 4 is 35.1 Å². The van der Waals surface area contributed by atoms with Crippen molar-refractivity contribution in [1.29, 1.82) is 0 Å². The lowest BCUT2D eigenvalue weighted by molar-refractivity contribution is -0.245. The number of phenolic OH excluding ortho intramolecular Hbond substituents is 1. The van der Waals surface area contributed by atoms with Crippen LogP contribution in [0, 0.1) is 36.0 Å². The lowest BCUT2D eigenvalue weighted by Gasteiger charge is -2.39. The molecule has 2 amide bonds. The minimum absolute atomic E-state index is 0.0207. The number of carbonyl (C=O) groups excluding carboxylic acids is 6. The van der Waals surface area contributed by atoms with Crippen molar-refractivity contribution < 1.29 is 82.4 Å². The van der Waals surface area contributed by atoms with Gasteiger partial charge in [0.15, 0.2) is 12.1 Å². The van der Waals surface area contributed by atoms with E-state index in [4.69, 9.17) is 33.2 Å². The number of hydrogen-bond donors (Lipinski definition) is 6. The number of esters is 1. The number of Topliss-reactive ketones (excluding diaryl/α,β-unsaturated/α-hetero) is 2. The molecular weight excluding hydrogens is 961 g/mol. The second kappa shape index (κ2) is 22.3. The first-order chi connectivity index (χ1) is 34.8. The van der Waals surface area contributed by atoms with E-state index in [0.717, 1.165) is 17.9 Å². The number of benzene rings is 2. The van der Waals surface area contributed by atoms with E-state index in [-0.39, 0.29) is 66.6 Å². The van der Waals surface area contributed by atoms with Gasteiger partial charge in [-0.15, -0.1) is 0 Å². The molecule has 13 atom stereocenters. The largest absolute Gasteiger partial charge is 0.507 e. The molecule has 5 heterocycles. The number of allylic oxidation sites excluding steroid dienone is 4. The fraction of sp³-hybridized carbons (Fsp3) is 0.491. The number of hydrogen-bond acceptors (Lipinski definition) is 17. The molecule has 74 heavy (non-hydrogen) atoms. The molecule has 19 heteroatoms. The summed E-state index contributed by atoms with van der Waals surface area (Å²) in [6, 6.07) is 9.20. The van der Waals surface area contributed by atoms with Crippen LogP contribution in [0.2, 0.25) is 0 Å². The number of aliphatic hydroxyl groups is 3. The summed E-state index contributed by atoms with van der Waals surface area (Å²) in [5.41, 5.74) is -2.39. The predicted octanol–water partition coefficient (Wildman–Crippen LogP) is 5.08. The molecule has 0 spiro atoms. The molecule has 0 unspecified atom stereocenters. The molecule has 2 saturated heterocycles. The van der Waals surface area contributed by atoms with E-state index in [9.17, 15) is 49.2 Å². The highest BCUT2D eigenvalue weighted by Crippen LogP contribution is 2.48. The maximum atomic E-state index is 14.3. The molecule has 8 rings (SSSR count). The highest BCUT2D eigenvalue weighted by atomic mass is 16.7. The van der Waals surface area contributed by atoms with Gasteiger partial charge in [0.25, 0.3) is 11.7 Å². The second-order valence-corrected chi connectivity index (χ2v) is 20.5. The van der Waals surface area contributed by atoms with Crippen molar-refractivity contribution in [2.75, 3.05) is 6.79 Å². The summed E-state index contributed by atoms with van der Waals surface area (Å²) in [6.07, 6.45) is -0.132. The molecule has 5 bridgehead atoms. The van der Waals surface area contributed by atoms with Crippen LogP contribution < -0.4 is 15.4 Å². The van der Waals surface area contributed by atoms with Crippen molar-refractivity contribution in [2.45, 2.75) is 137 Å². The SMILES string of the molecule is C=C(OC(=O)C(C)(C)CC(=O)NCc1ccccc1)[C@H]1/C=C/C=C(/C)C(=O)NC2=CC(=O)c3c(c(O)c(C)c4c3C(=O)[C@@](C)(O/C=C/[C@H](O[C@H]3C[C@@H]5OCO[C@@H]5[C@@H](C)O3)[C@@H](C)[C@@H](O)[C@H](C)[C@H](O)[C@H](C)[C@H]1O)O4)C2=O. The van der Waals surface area contributed by atoms with Crippen molar-refractivity contribution in [3.63, 3.8) is 0 Å². The van der Waals surface area contributed by atoms with Gasteiger partial charge in [-0.3, -0.25) is 28.8 Å². The Kier molecular flexibility index (Phi) is 16.7. The third-order valence-corrected chi connectivity index (χ3v) is 14.6. The van der Waals surface area contributed by atoms with Gasteiger partial charge < -0.3 is 64.2 Å². The number of amides is 2. The Morgan fingerprint density at radius 2 is 1.59 bits per heavy atom. The van der Waals surface area contributed by atoms with E-state index in [1.54, 1.807) is 20.8 Å². The molecule has 2 fully saturated rings. The fourth-order valence-corrected chi connectivity index (χ4v) is 9.73. The molecule has 0 saturated carbocycles. The van der Waals surface area contributed by atoms with Gasteiger partial charge in [-0.05, 0) is 46.3 Å². The molecule has 398 valence electrons. The summed E-state index contributed by atoms with van der Waals surface area (Å²) in [4.78, 5) is 82.7. The number of ketones is 3. The Bertz CT molecular complexity index is 2690. The molecule has 5 aliphatic heterocycles. The molecule has 6 aliphatic rings. The van der Waals surface area contributed by atoms with Crippen LogP contribution in [0.15, 0.2) is 90.6 Å². The van der Waals surface area contributed by atoms with Gasteiger partial charge in [-0.2, -0.15) is 0 Å². The Balaban J connectivity index is 1.22. The van der Waals surface area contributed by atoms with Gasteiger partial charge in [0.2, 0.25) is 11.7 Å². The summed E-state index contributed by atoms with van der Waals surface area (Å²) in [6.45, 7) is 17.9. The summed E-state index contributed by atoms with van der Waals surface area (Å²) in [7, 11) is 0. The topological polar surface area (TPSA) is 272 Å². The number of carbonyl (C=O) groups is 6. The normalized spacial score (nSPS) is 33.2. The highest BCUT2D eigenvalue weighted by molar-refractivity contribution is 6.30. The third-order valence-electron chi connectivity index (χ3n) is 14.6. The first-order valence-electron chi connectivity index (χ1n) is 24.6. The van der Waals surface area contributed by atoms with Crippen molar-refractivity contribution in [3.05, 3.63) is 118 Å². The van der Waals surface area contributed by atoms with E-state index in [2.05, 4.69) is 17.2 Å². The van der Waals surface area contributed by atoms with Gasteiger partial charge in [-0.25, -0.2) is 0 Å². The number of aromatic hydroxyl groups is 1. The number of ether oxygens (including phenoxy) is 7. The highest BCUT2D eigenvalue weighted by Gasteiger charge is 2.52. The number of rotatable bonds is 9. The molecule has 19 nitrogen and oxygen atoms in total. The molecule has 0 radical (unpaired) electrons. The van der Waals surface area contributed by atoms with Crippen molar-refractivity contribution in [1.82, 2.24) is 10.6 Å². The van der Waals surface area contributed by atoms with Gasteiger partial charge in [0.05, 0.1) is 76.6 Å². The monoisotopic (exact) mass is 1030 g/mol. The van der Waals surface area contributed by atoms with Gasteiger partial charge in [-0.1, -0.05) is 75.9 Å². The predicted molar refractivity (Wildman–Crippen MR) is 264 cm³/mol. The minimum Gasteiger partial charge on any atom is -0.507 e. The molecule has 2 aromatic carbocycles. The van der Waals surface area contributed by atoms with Crippen LogP contribution in [0.5, 0.6) is 11.5 Å². The van der Waals surface area contributed by atoms with E-state index in [1.165, 1.54) is 65.8 Å². The number of nitrogens with one attached hydrogen (secondary N) is 2. The van der Waals surface area contributed by atoms with Gasteiger partial charge in [0.1, 0.15) is 30.2 Å². The zero-order chi connectivity index (χ0) is 54.1. The molecule has 2 aromatic rings. The zero-order valence-corrected chi connectivity index (χ0v) is 42.9. The lowest BCUT2D eigenvalue weighted by Crippen LogP contribution is -2.49. The quantitative estimate of drug-likeness (QED) is 0.141. The fourth-order valence-electron chi connectivity index (χ4n) is 9.73. The van der Waals surface area contributed by atoms with Gasteiger partial charge >= 0.3 is 11.8 Å². The van der Waals surface area contributed by atoms with Crippen LogP contribution in [0.25, 0.3) is 0 Å². The number of fused-ring (bicyclic) bond motifs is 15. The Hall–Kier alpha value is -6.32.